The Labute approximate surface area is 162 Å². The summed E-state index contributed by atoms with van der Waals surface area (Å²) in [6.07, 6.45) is 1.73. The molecule has 3 rings (SSSR count). The standard InChI is InChI=1S/C19H23N3O6/c1-3-26-16-9-13(6-7-15(16)27-11-17(23)24)19(25)22-8-4-5-14(10-22)18-20-12(2)21-28-18/h6-7,9,14H,3-5,8,10-11H2,1-2H3,(H,23,24). The Kier molecular flexibility index (Phi) is 6.13. The van der Waals surface area contributed by atoms with Crippen LogP contribution in [0, 0.1) is 6.92 Å². The van der Waals surface area contributed by atoms with Gasteiger partial charge in [-0.15, -0.1) is 0 Å². The van der Waals surface area contributed by atoms with E-state index in [9.17, 15) is 9.59 Å². The number of piperidine rings is 1. The third kappa shape index (κ3) is 4.59. The summed E-state index contributed by atoms with van der Waals surface area (Å²) in [6, 6.07) is 4.76. The number of rotatable bonds is 7. The number of carbonyl (C=O) groups is 2. The molecule has 1 N–H and O–H groups in total. The van der Waals surface area contributed by atoms with Crippen molar-refractivity contribution in [3.05, 3.63) is 35.5 Å². The lowest BCUT2D eigenvalue weighted by Crippen LogP contribution is -2.39. The number of aromatic nitrogens is 2. The molecule has 1 atom stereocenters. The predicted octanol–water partition coefficient (Wildman–Crippen LogP) is 2.26. The SMILES string of the molecule is CCOc1cc(C(=O)N2CCCC(c3nc(C)no3)C2)ccc1OCC(=O)O. The largest absolute Gasteiger partial charge is 0.490 e. The Morgan fingerprint density at radius 1 is 1.32 bits per heavy atom. The third-order valence-electron chi connectivity index (χ3n) is 4.44. The van der Waals surface area contributed by atoms with E-state index >= 15 is 0 Å². The van der Waals surface area contributed by atoms with Crippen molar-refractivity contribution in [1.82, 2.24) is 15.0 Å². The fraction of sp³-hybridized carbons (Fsp3) is 0.474. The molecule has 2 heterocycles. The van der Waals surface area contributed by atoms with E-state index < -0.39 is 12.6 Å². The molecule has 1 aliphatic rings. The van der Waals surface area contributed by atoms with Gasteiger partial charge >= 0.3 is 5.97 Å². The van der Waals surface area contributed by atoms with Gasteiger partial charge in [0.15, 0.2) is 23.9 Å². The molecule has 1 amide bonds. The van der Waals surface area contributed by atoms with E-state index in [2.05, 4.69) is 10.1 Å². The molecule has 9 heteroatoms. The predicted molar refractivity (Wildman–Crippen MR) is 97.7 cm³/mol. The molecule has 2 aromatic rings. The maximum Gasteiger partial charge on any atom is 0.341 e. The summed E-state index contributed by atoms with van der Waals surface area (Å²) in [5.74, 6) is 0.571. The lowest BCUT2D eigenvalue weighted by molar-refractivity contribution is -0.139. The van der Waals surface area contributed by atoms with Gasteiger partial charge in [-0.3, -0.25) is 4.79 Å². The van der Waals surface area contributed by atoms with E-state index in [0.717, 1.165) is 12.8 Å². The van der Waals surface area contributed by atoms with Crippen LogP contribution >= 0.6 is 0 Å². The van der Waals surface area contributed by atoms with Crippen molar-refractivity contribution in [2.24, 2.45) is 0 Å². The summed E-state index contributed by atoms with van der Waals surface area (Å²) in [7, 11) is 0. The van der Waals surface area contributed by atoms with Gasteiger partial charge in [-0.05, 0) is 44.9 Å². The fourth-order valence-electron chi connectivity index (χ4n) is 3.19. The fourth-order valence-corrected chi connectivity index (χ4v) is 3.19. The Bertz CT molecular complexity index is 850. The number of aliphatic carboxylic acids is 1. The third-order valence-corrected chi connectivity index (χ3v) is 4.44. The molecule has 0 radical (unpaired) electrons. The molecule has 1 saturated heterocycles. The Morgan fingerprint density at radius 2 is 2.14 bits per heavy atom. The van der Waals surface area contributed by atoms with Crippen molar-refractivity contribution in [1.29, 1.82) is 0 Å². The number of likely N-dealkylation sites (tertiary alicyclic amines) is 1. The Morgan fingerprint density at radius 3 is 2.82 bits per heavy atom. The normalized spacial score (nSPS) is 16.6. The number of hydrogen-bond donors (Lipinski definition) is 1. The van der Waals surface area contributed by atoms with Crippen molar-refractivity contribution >= 4 is 11.9 Å². The van der Waals surface area contributed by atoms with E-state index in [1.807, 2.05) is 0 Å². The topological polar surface area (TPSA) is 115 Å². The Hall–Kier alpha value is -3.10. The molecule has 1 aromatic heterocycles. The van der Waals surface area contributed by atoms with E-state index in [4.69, 9.17) is 19.1 Å². The molecule has 9 nitrogen and oxygen atoms in total. The molecular weight excluding hydrogens is 366 g/mol. The molecule has 28 heavy (non-hydrogen) atoms. The number of benzene rings is 1. The van der Waals surface area contributed by atoms with Crippen LogP contribution in [0.5, 0.6) is 11.5 Å². The van der Waals surface area contributed by atoms with Crippen molar-refractivity contribution in [3.63, 3.8) is 0 Å². The van der Waals surface area contributed by atoms with E-state index in [-0.39, 0.29) is 11.8 Å². The molecule has 1 aliphatic heterocycles. The van der Waals surface area contributed by atoms with Gasteiger partial charge in [-0.1, -0.05) is 5.16 Å². The van der Waals surface area contributed by atoms with Crippen molar-refractivity contribution in [2.75, 3.05) is 26.3 Å². The number of amides is 1. The quantitative estimate of drug-likeness (QED) is 0.767. The summed E-state index contributed by atoms with van der Waals surface area (Å²) in [6.45, 7) is 4.60. The van der Waals surface area contributed by atoms with Gasteiger partial charge in [-0.2, -0.15) is 4.98 Å². The summed E-state index contributed by atoms with van der Waals surface area (Å²) >= 11 is 0. The number of carboxylic acid groups (broad SMARTS) is 1. The summed E-state index contributed by atoms with van der Waals surface area (Å²) in [5.41, 5.74) is 0.452. The number of hydrogen-bond acceptors (Lipinski definition) is 7. The number of aryl methyl sites for hydroxylation is 1. The lowest BCUT2D eigenvalue weighted by Gasteiger charge is -2.31. The molecule has 0 spiro atoms. The maximum atomic E-state index is 13.0. The average molecular weight is 389 g/mol. The second-order valence-corrected chi connectivity index (χ2v) is 6.55. The number of nitrogens with zero attached hydrogens (tertiary/aromatic N) is 3. The Balaban J connectivity index is 1.75. The van der Waals surface area contributed by atoms with Crippen LogP contribution in [0.1, 0.15) is 47.8 Å². The first-order valence-electron chi connectivity index (χ1n) is 9.18. The van der Waals surface area contributed by atoms with E-state index in [1.54, 1.807) is 36.9 Å². The zero-order valence-corrected chi connectivity index (χ0v) is 15.9. The minimum Gasteiger partial charge on any atom is -0.490 e. The molecule has 150 valence electrons. The molecule has 0 bridgehead atoms. The summed E-state index contributed by atoms with van der Waals surface area (Å²) in [4.78, 5) is 29.8. The highest BCUT2D eigenvalue weighted by Gasteiger charge is 2.29. The second-order valence-electron chi connectivity index (χ2n) is 6.55. The highest BCUT2D eigenvalue weighted by Crippen LogP contribution is 2.31. The minimum absolute atomic E-state index is 0.0171. The monoisotopic (exact) mass is 389 g/mol. The van der Waals surface area contributed by atoms with E-state index in [0.29, 0.717) is 48.5 Å². The van der Waals surface area contributed by atoms with Crippen LogP contribution in [0.4, 0.5) is 0 Å². The number of carboxylic acids is 1. The molecular formula is C19H23N3O6. The van der Waals surface area contributed by atoms with Crippen molar-refractivity contribution in [2.45, 2.75) is 32.6 Å². The molecule has 1 fully saturated rings. The van der Waals surface area contributed by atoms with Gasteiger partial charge in [-0.25, -0.2) is 4.79 Å². The lowest BCUT2D eigenvalue weighted by atomic mass is 9.97. The summed E-state index contributed by atoms with van der Waals surface area (Å²) < 4.78 is 16.0. The minimum atomic E-state index is -1.08. The van der Waals surface area contributed by atoms with Crippen LogP contribution in [0.25, 0.3) is 0 Å². The van der Waals surface area contributed by atoms with Gasteiger partial charge in [0, 0.05) is 18.7 Å². The maximum absolute atomic E-state index is 13.0. The van der Waals surface area contributed by atoms with Crippen LogP contribution in [-0.2, 0) is 4.79 Å². The van der Waals surface area contributed by atoms with Crippen LogP contribution in [0.15, 0.2) is 22.7 Å². The average Bonchev–Trinajstić information content (AvgIpc) is 3.13. The van der Waals surface area contributed by atoms with Crippen LogP contribution in [0.2, 0.25) is 0 Å². The molecule has 1 unspecified atom stereocenters. The highest BCUT2D eigenvalue weighted by atomic mass is 16.5. The zero-order chi connectivity index (χ0) is 20.1. The van der Waals surface area contributed by atoms with Crippen LogP contribution in [0.3, 0.4) is 0 Å². The first-order valence-corrected chi connectivity index (χ1v) is 9.18. The second kappa shape index (κ2) is 8.73. The number of carbonyl (C=O) groups excluding carboxylic acids is 1. The highest BCUT2D eigenvalue weighted by molar-refractivity contribution is 5.95. The van der Waals surface area contributed by atoms with Gasteiger partial charge in [0.05, 0.1) is 12.5 Å². The van der Waals surface area contributed by atoms with Crippen molar-refractivity contribution in [3.8, 4) is 11.5 Å². The van der Waals surface area contributed by atoms with Gasteiger partial charge < -0.3 is 24.0 Å². The first-order chi connectivity index (χ1) is 13.5. The smallest absolute Gasteiger partial charge is 0.341 e. The molecule has 0 saturated carbocycles. The van der Waals surface area contributed by atoms with E-state index in [1.165, 1.54) is 0 Å². The first kappa shape index (κ1) is 19.7. The van der Waals surface area contributed by atoms with Crippen molar-refractivity contribution < 1.29 is 28.7 Å². The molecule has 0 aliphatic carbocycles. The van der Waals surface area contributed by atoms with Crippen LogP contribution < -0.4 is 9.47 Å². The number of ether oxygens (including phenoxy) is 2. The van der Waals surface area contributed by atoms with Gasteiger partial charge in [0.2, 0.25) is 5.89 Å². The van der Waals surface area contributed by atoms with Gasteiger partial charge in [0.1, 0.15) is 0 Å². The van der Waals surface area contributed by atoms with Gasteiger partial charge in [0.25, 0.3) is 5.91 Å². The zero-order valence-electron chi connectivity index (χ0n) is 15.9. The van der Waals surface area contributed by atoms with Crippen LogP contribution in [-0.4, -0.2) is 58.3 Å². The summed E-state index contributed by atoms with van der Waals surface area (Å²) in [5, 5.41) is 12.6. The molecule has 1 aromatic carbocycles.